The third kappa shape index (κ3) is 4.21. The van der Waals surface area contributed by atoms with Crippen molar-refractivity contribution in [1.29, 1.82) is 0 Å². The Bertz CT molecular complexity index is 507. The maximum atomic E-state index is 14.2. The van der Waals surface area contributed by atoms with E-state index < -0.39 is 0 Å². The lowest BCUT2D eigenvalue weighted by atomic mass is 9.79. The van der Waals surface area contributed by atoms with E-state index in [0.29, 0.717) is 5.92 Å². The van der Waals surface area contributed by atoms with Gasteiger partial charge in [-0.25, -0.2) is 4.39 Å². The van der Waals surface area contributed by atoms with Crippen LogP contribution in [0.15, 0.2) is 24.3 Å². The Morgan fingerprint density at radius 2 is 1.95 bits per heavy atom. The molecule has 0 bridgehead atoms. The van der Waals surface area contributed by atoms with Crippen molar-refractivity contribution in [2.45, 2.75) is 72.1 Å². The molecule has 0 nitrogen and oxygen atoms in total. The molecule has 1 atom stereocenters. The molecule has 0 radical (unpaired) electrons. The van der Waals surface area contributed by atoms with Crippen molar-refractivity contribution in [2.75, 3.05) is 0 Å². The molecule has 0 amide bonds. The van der Waals surface area contributed by atoms with E-state index in [1.165, 1.54) is 44.1 Å². The van der Waals surface area contributed by atoms with E-state index in [2.05, 4.69) is 19.9 Å². The lowest BCUT2D eigenvalue weighted by Gasteiger charge is -2.27. The Balaban J connectivity index is 2.03. The first-order chi connectivity index (χ1) is 10.5. The largest absolute Gasteiger partial charge is 0.206 e. The van der Waals surface area contributed by atoms with Crippen molar-refractivity contribution in [2.24, 2.45) is 11.8 Å². The summed E-state index contributed by atoms with van der Waals surface area (Å²) in [4.78, 5) is 0. The van der Waals surface area contributed by atoms with Gasteiger partial charge in [-0.05, 0) is 61.6 Å². The second kappa shape index (κ2) is 7.94. The lowest BCUT2D eigenvalue weighted by Crippen LogP contribution is -2.13. The van der Waals surface area contributed by atoms with Crippen molar-refractivity contribution in [3.8, 4) is 0 Å². The Morgan fingerprint density at radius 1 is 1.27 bits per heavy atom. The molecule has 0 N–H and O–H groups in total. The Labute approximate surface area is 135 Å². The third-order valence-electron chi connectivity index (χ3n) is 5.55. The van der Waals surface area contributed by atoms with Gasteiger partial charge in [0.2, 0.25) is 0 Å². The standard InChI is InChI=1S/C21H31F/c1-5-16(3)21-19(7-6-8-20(21)22)17(4)11-14-18-12-9-15(2)10-13-18/h5-8,15,17-18H,9-14H2,1-4H3/b16-5+. The summed E-state index contributed by atoms with van der Waals surface area (Å²) in [6.45, 7) is 8.63. The molecule has 1 fully saturated rings. The van der Waals surface area contributed by atoms with Crippen LogP contribution in [-0.4, -0.2) is 0 Å². The highest BCUT2D eigenvalue weighted by Gasteiger charge is 2.20. The van der Waals surface area contributed by atoms with Gasteiger partial charge in [0.1, 0.15) is 5.82 Å². The zero-order valence-electron chi connectivity index (χ0n) is 14.7. The molecule has 1 saturated carbocycles. The number of benzene rings is 1. The number of hydrogen-bond donors (Lipinski definition) is 0. The molecule has 0 aromatic heterocycles. The number of rotatable bonds is 5. The van der Waals surface area contributed by atoms with Crippen molar-refractivity contribution in [3.63, 3.8) is 0 Å². The van der Waals surface area contributed by atoms with Gasteiger partial charge in [-0.1, -0.05) is 57.7 Å². The molecule has 1 aromatic carbocycles. The fourth-order valence-electron chi connectivity index (χ4n) is 3.77. The maximum absolute atomic E-state index is 14.2. The Morgan fingerprint density at radius 3 is 2.59 bits per heavy atom. The van der Waals surface area contributed by atoms with Gasteiger partial charge in [0.05, 0.1) is 0 Å². The molecular formula is C21H31F. The SMILES string of the molecule is C/C=C(\C)c1c(F)cccc1C(C)CCC1CCC(C)CC1. The molecule has 1 unspecified atom stereocenters. The molecule has 1 aromatic rings. The smallest absolute Gasteiger partial charge is 0.130 e. The number of allylic oxidation sites excluding steroid dienone is 2. The van der Waals surface area contributed by atoms with Gasteiger partial charge in [0.15, 0.2) is 0 Å². The minimum Gasteiger partial charge on any atom is -0.206 e. The summed E-state index contributed by atoms with van der Waals surface area (Å²) in [7, 11) is 0. The molecule has 1 heteroatoms. The van der Waals surface area contributed by atoms with E-state index in [4.69, 9.17) is 0 Å². The lowest BCUT2D eigenvalue weighted by molar-refractivity contribution is 0.270. The van der Waals surface area contributed by atoms with Gasteiger partial charge in [-0.15, -0.1) is 0 Å². The summed E-state index contributed by atoms with van der Waals surface area (Å²) < 4.78 is 14.2. The second-order valence-electron chi connectivity index (χ2n) is 7.28. The van der Waals surface area contributed by atoms with Gasteiger partial charge >= 0.3 is 0 Å². The Kier molecular flexibility index (Phi) is 6.23. The minimum atomic E-state index is -0.0774. The molecule has 0 heterocycles. The van der Waals surface area contributed by atoms with E-state index in [-0.39, 0.29) is 5.82 Å². The van der Waals surface area contributed by atoms with Crippen LogP contribution in [0, 0.1) is 17.7 Å². The molecule has 0 saturated heterocycles. The number of hydrogen-bond acceptors (Lipinski definition) is 0. The molecule has 22 heavy (non-hydrogen) atoms. The third-order valence-corrected chi connectivity index (χ3v) is 5.55. The van der Waals surface area contributed by atoms with Crippen molar-refractivity contribution in [3.05, 3.63) is 41.2 Å². The van der Waals surface area contributed by atoms with Crippen LogP contribution in [0.5, 0.6) is 0 Å². The van der Waals surface area contributed by atoms with Crippen LogP contribution in [0.4, 0.5) is 4.39 Å². The average Bonchev–Trinajstić information content (AvgIpc) is 2.53. The van der Waals surface area contributed by atoms with Crippen LogP contribution in [0.25, 0.3) is 5.57 Å². The number of halogens is 1. The maximum Gasteiger partial charge on any atom is 0.130 e. The summed E-state index contributed by atoms with van der Waals surface area (Å²) in [5.41, 5.74) is 3.06. The average molecular weight is 302 g/mol. The second-order valence-corrected chi connectivity index (χ2v) is 7.28. The van der Waals surface area contributed by atoms with Crippen LogP contribution in [-0.2, 0) is 0 Å². The Hall–Kier alpha value is -1.11. The van der Waals surface area contributed by atoms with E-state index in [1.807, 2.05) is 26.0 Å². The van der Waals surface area contributed by atoms with E-state index in [1.54, 1.807) is 6.07 Å². The van der Waals surface area contributed by atoms with Gasteiger partial charge in [0, 0.05) is 5.56 Å². The highest BCUT2D eigenvalue weighted by molar-refractivity contribution is 5.67. The van der Waals surface area contributed by atoms with Crippen LogP contribution in [0.2, 0.25) is 0 Å². The van der Waals surface area contributed by atoms with E-state index in [9.17, 15) is 4.39 Å². The van der Waals surface area contributed by atoms with Crippen LogP contribution in [0.3, 0.4) is 0 Å². The molecule has 1 aliphatic rings. The van der Waals surface area contributed by atoms with Gasteiger partial charge in [0.25, 0.3) is 0 Å². The summed E-state index contributed by atoms with van der Waals surface area (Å²) in [5, 5.41) is 0. The highest BCUT2D eigenvalue weighted by atomic mass is 19.1. The first-order valence-electron chi connectivity index (χ1n) is 8.94. The normalized spacial score (nSPS) is 24.3. The first kappa shape index (κ1) is 17.2. The quantitative estimate of drug-likeness (QED) is 0.551. The van der Waals surface area contributed by atoms with Gasteiger partial charge in [-0.3, -0.25) is 0 Å². The summed E-state index contributed by atoms with van der Waals surface area (Å²) >= 11 is 0. The topological polar surface area (TPSA) is 0 Å². The minimum absolute atomic E-state index is 0.0774. The molecule has 2 rings (SSSR count). The fourth-order valence-corrected chi connectivity index (χ4v) is 3.77. The summed E-state index contributed by atoms with van der Waals surface area (Å²) in [6, 6.07) is 5.55. The van der Waals surface area contributed by atoms with Crippen molar-refractivity contribution in [1.82, 2.24) is 0 Å². The monoisotopic (exact) mass is 302 g/mol. The van der Waals surface area contributed by atoms with Crippen molar-refractivity contribution >= 4 is 5.57 Å². The van der Waals surface area contributed by atoms with Crippen LogP contribution >= 0.6 is 0 Å². The van der Waals surface area contributed by atoms with Crippen molar-refractivity contribution < 1.29 is 4.39 Å². The van der Waals surface area contributed by atoms with Crippen LogP contribution < -0.4 is 0 Å². The molecular weight excluding hydrogens is 271 g/mol. The molecule has 0 spiro atoms. The van der Waals surface area contributed by atoms with E-state index >= 15 is 0 Å². The zero-order chi connectivity index (χ0) is 16.1. The first-order valence-corrected chi connectivity index (χ1v) is 8.94. The fraction of sp³-hybridized carbons (Fsp3) is 0.619. The predicted molar refractivity (Wildman–Crippen MR) is 94.5 cm³/mol. The zero-order valence-corrected chi connectivity index (χ0v) is 14.7. The highest BCUT2D eigenvalue weighted by Crippen LogP contribution is 2.35. The summed E-state index contributed by atoms with van der Waals surface area (Å²) in [5.74, 6) is 2.16. The summed E-state index contributed by atoms with van der Waals surface area (Å²) in [6.07, 6.45) is 10.0. The molecule has 1 aliphatic carbocycles. The predicted octanol–water partition coefficient (Wildman–Crippen LogP) is 6.96. The molecule has 0 aliphatic heterocycles. The van der Waals surface area contributed by atoms with E-state index in [0.717, 1.165) is 23.0 Å². The van der Waals surface area contributed by atoms with Gasteiger partial charge < -0.3 is 0 Å². The van der Waals surface area contributed by atoms with Crippen LogP contribution in [0.1, 0.15) is 83.3 Å². The molecule has 122 valence electrons. The van der Waals surface area contributed by atoms with Gasteiger partial charge in [-0.2, -0.15) is 0 Å².